The number of alkyl halides is 1. The number of benzene rings is 1. The minimum atomic E-state index is -3.20. The second-order valence-corrected chi connectivity index (χ2v) is 8.25. The van der Waals surface area contributed by atoms with E-state index in [1.807, 2.05) is 6.07 Å². The molecule has 1 heterocycles. The fourth-order valence-corrected chi connectivity index (χ4v) is 3.45. The number of rotatable bonds is 4. The largest absolute Gasteiger partial charge is 0.224 e. The van der Waals surface area contributed by atoms with Crippen LogP contribution in [0.5, 0.6) is 0 Å². The van der Waals surface area contributed by atoms with Crippen molar-refractivity contribution in [1.29, 1.82) is 0 Å². The number of aromatic nitrogens is 2. The van der Waals surface area contributed by atoms with E-state index >= 15 is 0 Å². The van der Waals surface area contributed by atoms with Crippen molar-refractivity contribution in [3.63, 3.8) is 0 Å². The van der Waals surface area contributed by atoms with Crippen molar-refractivity contribution in [2.75, 3.05) is 6.26 Å². The van der Waals surface area contributed by atoms with Gasteiger partial charge in [-0.2, -0.15) is 0 Å². The van der Waals surface area contributed by atoms with Crippen LogP contribution in [0.15, 0.2) is 29.2 Å². The maximum atomic E-state index is 11.5. The third-order valence-electron chi connectivity index (χ3n) is 2.58. The van der Waals surface area contributed by atoms with E-state index in [9.17, 15) is 8.42 Å². The maximum Gasteiger partial charge on any atom is 0.175 e. The summed E-state index contributed by atoms with van der Waals surface area (Å²) in [5.41, 5.74) is 0.780. The summed E-state index contributed by atoms with van der Waals surface area (Å²) in [6.07, 6.45) is 2.13. The van der Waals surface area contributed by atoms with Crippen molar-refractivity contribution in [3.8, 4) is 10.6 Å². The number of hydrogen-bond donors (Lipinski definition) is 0. The zero-order valence-electron chi connectivity index (χ0n) is 10.5. The normalized spacial score (nSPS) is 13.4. The zero-order chi connectivity index (χ0) is 14.0. The fourth-order valence-electron chi connectivity index (χ4n) is 1.51. The Morgan fingerprint density at radius 1 is 1.37 bits per heavy atom. The molecule has 0 N–H and O–H groups in total. The van der Waals surface area contributed by atoms with Gasteiger partial charge in [-0.1, -0.05) is 46.3 Å². The summed E-state index contributed by atoms with van der Waals surface area (Å²) in [7, 11) is -3.20. The van der Waals surface area contributed by atoms with Crippen LogP contribution < -0.4 is 0 Å². The van der Waals surface area contributed by atoms with Crippen LogP contribution in [0.3, 0.4) is 0 Å². The first kappa shape index (κ1) is 14.6. The van der Waals surface area contributed by atoms with E-state index < -0.39 is 9.84 Å². The monoisotopic (exact) mass is 360 g/mol. The van der Waals surface area contributed by atoms with Gasteiger partial charge in [0.15, 0.2) is 9.84 Å². The first-order valence-corrected chi connectivity index (χ1v) is 9.32. The molecule has 0 aliphatic rings. The molecule has 0 radical (unpaired) electrons. The minimum Gasteiger partial charge on any atom is -0.224 e. The van der Waals surface area contributed by atoms with Crippen molar-refractivity contribution >= 4 is 37.1 Å². The molecule has 1 unspecified atom stereocenters. The van der Waals surface area contributed by atoms with Crippen molar-refractivity contribution in [1.82, 2.24) is 10.2 Å². The van der Waals surface area contributed by atoms with Gasteiger partial charge >= 0.3 is 0 Å². The van der Waals surface area contributed by atoms with Gasteiger partial charge in [0, 0.05) is 11.8 Å². The van der Waals surface area contributed by atoms with Gasteiger partial charge in [-0.3, -0.25) is 0 Å². The Balaban J connectivity index is 2.40. The van der Waals surface area contributed by atoms with Crippen molar-refractivity contribution < 1.29 is 8.42 Å². The van der Waals surface area contributed by atoms with E-state index in [0.29, 0.717) is 4.90 Å². The Labute approximate surface area is 124 Å². The molecular weight excluding hydrogens is 348 g/mol. The lowest BCUT2D eigenvalue weighted by Gasteiger charge is -2.00. The molecule has 0 saturated carbocycles. The second kappa shape index (κ2) is 5.68. The van der Waals surface area contributed by atoms with E-state index in [1.165, 1.54) is 17.6 Å². The van der Waals surface area contributed by atoms with Crippen LogP contribution in [-0.2, 0) is 9.84 Å². The molecule has 0 bridgehead atoms. The predicted octanol–water partition coefficient (Wildman–Crippen LogP) is 3.45. The lowest BCUT2D eigenvalue weighted by Crippen LogP contribution is -1.96. The third-order valence-corrected chi connectivity index (χ3v) is 6.16. The van der Waals surface area contributed by atoms with Crippen molar-refractivity contribution in [2.24, 2.45) is 0 Å². The predicted molar refractivity (Wildman–Crippen MR) is 80.4 cm³/mol. The second-order valence-electron chi connectivity index (χ2n) is 4.12. The molecule has 102 valence electrons. The molecule has 0 fully saturated rings. The molecule has 4 nitrogen and oxygen atoms in total. The van der Waals surface area contributed by atoms with Crippen LogP contribution in [-0.4, -0.2) is 24.9 Å². The highest BCUT2D eigenvalue weighted by Gasteiger charge is 2.14. The van der Waals surface area contributed by atoms with Gasteiger partial charge in [-0.15, -0.1) is 10.2 Å². The van der Waals surface area contributed by atoms with Gasteiger partial charge in [0.25, 0.3) is 0 Å². The first-order chi connectivity index (χ1) is 8.91. The number of halogens is 1. The Morgan fingerprint density at radius 2 is 2.11 bits per heavy atom. The van der Waals surface area contributed by atoms with E-state index in [-0.39, 0.29) is 4.83 Å². The van der Waals surface area contributed by atoms with Crippen LogP contribution in [0.25, 0.3) is 10.6 Å². The van der Waals surface area contributed by atoms with Gasteiger partial charge in [0.2, 0.25) is 0 Å². The molecule has 0 saturated heterocycles. The Bertz CT molecular complexity index is 683. The molecule has 0 amide bonds. The minimum absolute atomic E-state index is 0.192. The summed E-state index contributed by atoms with van der Waals surface area (Å²) in [6.45, 7) is 2.06. The Morgan fingerprint density at radius 3 is 2.74 bits per heavy atom. The standard InChI is InChI=1S/C12H13BrN2O2S2/c1-3-10(13)12-15-14-11(18-12)8-5-4-6-9(7-8)19(2,16)17/h4-7,10H,3H2,1-2H3. The lowest BCUT2D eigenvalue weighted by atomic mass is 10.2. The summed E-state index contributed by atoms with van der Waals surface area (Å²) < 4.78 is 23.1. The number of nitrogens with zero attached hydrogens (tertiary/aromatic N) is 2. The highest BCUT2D eigenvalue weighted by atomic mass is 79.9. The number of hydrogen-bond acceptors (Lipinski definition) is 5. The van der Waals surface area contributed by atoms with Crippen LogP contribution in [0.2, 0.25) is 0 Å². The van der Waals surface area contributed by atoms with Crippen LogP contribution >= 0.6 is 27.3 Å². The molecule has 1 aromatic carbocycles. The molecule has 2 aromatic rings. The topological polar surface area (TPSA) is 59.9 Å². The molecule has 7 heteroatoms. The molecule has 19 heavy (non-hydrogen) atoms. The number of sulfone groups is 1. The highest BCUT2D eigenvalue weighted by molar-refractivity contribution is 9.09. The fraction of sp³-hybridized carbons (Fsp3) is 0.333. The van der Waals surface area contributed by atoms with Crippen LogP contribution in [0.4, 0.5) is 0 Å². The van der Waals surface area contributed by atoms with Gasteiger partial charge in [-0.05, 0) is 18.6 Å². The summed E-state index contributed by atoms with van der Waals surface area (Å²) >= 11 is 5.00. The van der Waals surface area contributed by atoms with E-state index in [2.05, 4.69) is 33.1 Å². The zero-order valence-corrected chi connectivity index (χ0v) is 13.7. The van der Waals surface area contributed by atoms with Crippen LogP contribution in [0.1, 0.15) is 23.2 Å². The van der Waals surface area contributed by atoms with Gasteiger partial charge in [-0.25, -0.2) is 8.42 Å². The molecule has 2 rings (SSSR count). The molecule has 0 aliphatic carbocycles. The third kappa shape index (κ3) is 3.40. The summed E-state index contributed by atoms with van der Waals surface area (Å²) in [4.78, 5) is 0.490. The summed E-state index contributed by atoms with van der Waals surface area (Å²) in [6, 6.07) is 6.78. The van der Waals surface area contributed by atoms with Crippen molar-refractivity contribution in [3.05, 3.63) is 29.3 Å². The molecule has 1 atom stereocenters. The highest BCUT2D eigenvalue weighted by Crippen LogP contribution is 2.33. The average molecular weight is 361 g/mol. The maximum absolute atomic E-state index is 11.5. The Kier molecular flexibility index (Phi) is 4.37. The first-order valence-electron chi connectivity index (χ1n) is 5.69. The molecular formula is C12H13BrN2O2S2. The van der Waals surface area contributed by atoms with Gasteiger partial charge < -0.3 is 0 Å². The Hall–Kier alpha value is -0.790. The van der Waals surface area contributed by atoms with Crippen LogP contribution in [0, 0.1) is 0 Å². The average Bonchev–Trinajstić information content (AvgIpc) is 2.86. The van der Waals surface area contributed by atoms with Gasteiger partial charge in [0.1, 0.15) is 10.0 Å². The van der Waals surface area contributed by atoms with E-state index in [0.717, 1.165) is 22.0 Å². The quantitative estimate of drug-likeness (QED) is 0.783. The van der Waals surface area contributed by atoms with E-state index in [1.54, 1.807) is 18.2 Å². The molecule has 0 aliphatic heterocycles. The van der Waals surface area contributed by atoms with Gasteiger partial charge in [0.05, 0.1) is 9.72 Å². The molecule has 1 aromatic heterocycles. The summed E-state index contributed by atoms with van der Waals surface area (Å²) in [5, 5.41) is 9.89. The summed E-state index contributed by atoms with van der Waals surface area (Å²) in [5.74, 6) is 0. The lowest BCUT2D eigenvalue weighted by molar-refractivity contribution is 0.602. The van der Waals surface area contributed by atoms with Crippen molar-refractivity contribution in [2.45, 2.75) is 23.1 Å². The van der Waals surface area contributed by atoms with E-state index in [4.69, 9.17) is 0 Å². The smallest absolute Gasteiger partial charge is 0.175 e. The molecule has 0 spiro atoms. The SMILES string of the molecule is CCC(Br)c1nnc(-c2cccc(S(C)(=O)=O)c2)s1.